The second-order valence-electron chi connectivity index (χ2n) is 8.86. The van der Waals surface area contributed by atoms with Gasteiger partial charge in [-0.2, -0.15) is 4.31 Å². The average molecular weight is 514 g/mol. The van der Waals surface area contributed by atoms with E-state index < -0.39 is 15.9 Å². The molecule has 0 spiro atoms. The lowest BCUT2D eigenvalue weighted by Crippen LogP contribution is -2.43. The molecule has 3 aromatic rings. The molecule has 184 valence electrons. The van der Waals surface area contributed by atoms with Crippen molar-refractivity contribution in [2.75, 3.05) is 18.4 Å². The number of anilines is 1. The van der Waals surface area contributed by atoms with Crippen LogP contribution in [0.1, 0.15) is 41.0 Å². The second kappa shape index (κ2) is 10.4. The minimum absolute atomic E-state index is 0.0345. The van der Waals surface area contributed by atoms with Gasteiger partial charge in [-0.15, -0.1) is 0 Å². The number of benzene rings is 2. The first-order valence-electron chi connectivity index (χ1n) is 11.4. The fourth-order valence-electron chi connectivity index (χ4n) is 4.07. The van der Waals surface area contributed by atoms with Gasteiger partial charge in [0.25, 0.3) is 0 Å². The summed E-state index contributed by atoms with van der Waals surface area (Å²) in [6.45, 7) is 5.90. The number of aromatic nitrogens is 1. The van der Waals surface area contributed by atoms with Gasteiger partial charge in [-0.3, -0.25) is 4.79 Å². The number of piperidine rings is 1. The van der Waals surface area contributed by atoms with Gasteiger partial charge in [0.2, 0.25) is 15.9 Å². The molecule has 2 aromatic carbocycles. The van der Waals surface area contributed by atoms with Crippen LogP contribution in [-0.4, -0.2) is 36.9 Å². The molecule has 7 nitrogen and oxygen atoms in total. The number of aryl methyl sites for hydroxylation is 3. The van der Waals surface area contributed by atoms with E-state index in [1.807, 2.05) is 44.2 Å². The lowest BCUT2D eigenvalue weighted by molar-refractivity contribution is -0.120. The molecule has 9 heteroatoms. The van der Waals surface area contributed by atoms with Crippen LogP contribution < -0.4 is 5.32 Å². The number of nitrogens with zero attached hydrogens (tertiary/aromatic N) is 2. The maximum absolute atomic E-state index is 13.6. The Morgan fingerprint density at radius 1 is 1.14 bits per heavy atom. The lowest BCUT2D eigenvalue weighted by atomic mass is 9.98. The molecule has 1 fully saturated rings. The maximum Gasteiger partial charge on any atom is 0.248 e. The molecule has 1 aliphatic rings. The Morgan fingerprint density at radius 3 is 2.60 bits per heavy atom. The molecule has 1 aliphatic heterocycles. The van der Waals surface area contributed by atoms with Crippen LogP contribution in [0.3, 0.4) is 0 Å². The van der Waals surface area contributed by atoms with E-state index in [0.29, 0.717) is 30.1 Å². The molecule has 1 aromatic heterocycles. The first-order valence-corrected chi connectivity index (χ1v) is 13.2. The van der Waals surface area contributed by atoms with Crippen molar-refractivity contribution < 1.29 is 17.7 Å². The van der Waals surface area contributed by atoms with Crippen LogP contribution in [0.5, 0.6) is 0 Å². The van der Waals surface area contributed by atoms with Gasteiger partial charge >= 0.3 is 0 Å². The number of halogens is 1. The van der Waals surface area contributed by atoms with Gasteiger partial charge < -0.3 is 9.84 Å². The number of carbonyl (C=O) groups excluding carboxylic acids is 1. The van der Waals surface area contributed by atoms with Crippen molar-refractivity contribution in [3.05, 3.63) is 75.6 Å². The third-order valence-electron chi connectivity index (χ3n) is 6.13. The summed E-state index contributed by atoms with van der Waals surface area (Å²) in [6.07, 6.45) is 4.58. The molecule has 0 radical (unpaired) electrons. The van der Waals surface area contributed by atoms with Crippen LogP contribution in [-0.2, 0) is 14.8 Å². The van der Waals surface area contributed by atoms with E-state index in [1.54, 1.807) is 31.2 Å². The Labute approximate surface area is 210 Å². The number of carbonyl (C=O) groups is 1. The summed E-state index contributed by atoms with van der Waals surface area (Å²) < 4.78 is 33.9. The standard InChI is InChI=1S/C26H28ClN3O4S/c1-17-6-9-20(10-7-17)11-13-24-25(19(3)29-34-24)35(32,33)30-14-4-5-21(16-30)26(31)28-22-12-8-18(2)23(27)15-22/h6-13,15,21H,4-5,14,16H2,1-3H3,(H,28,31)/b13-11+. The Bertz CT molecular complexity index is 1360. The third-order valence-corrected chi connectivity index (χ3v) is 8.56. The molecule has 4 rings (SSSR count). The molecule has 2 heterocycles. The van der Waals surface area contributed by atoms with Gasteiger partial charge in [-0.1, -0.05) is 58.7 Å². The van der Waals surface area contributed by atoms with E-state index in [9.17, 15) is 13.2 Å². The van der Waals surface area contributed by atoms with Crippen LogP contribution in [0.4, 0.5) is 5.69 Å². The number of nitrogens with one attached hydrogen (secondary N) is 1. The SMILES string of the molecule is Cc1ccc(/C=C/c2onc(C)c2S(=O)(=O)N2CCCC(C(=O)Nc3ccc(C)c(Cl)c3)C2)cc1. The zero-order valence-electron chi connectivity index (χ0n) is 19.9. The van der Waals surface area contributed by atoms with Crippen LogP contribution in [0, 0.1) is 26.7 Å². The predicted molar refractivity (Wildman–Crippen MR) is 138 cm³/mol. The van der Waals surface area contributed by atoms with Crippen LogP contribution in [0.15, 0.2) is 51.9 Å². The number of rotatable bonds is 6. The van der Waals surface area contributed by atoms with Crippen molar-refractivity contribution in [1.82, 2.24) is 9.46 Å². The smallest absolute Gasteiger partial charge is 0.248 e. The molecule has 1 atom stereocenters. The van der Waals surface area contributed by atoms with E-state index in [0.717, 1.165) is 16.7 Å². The third kappa shape index (κ3) is 5.66. The molecule has 0 saturated carbocycles. The molecule has 35 heavy (non-hydrogen) atoms. The molecule has 0 aliphatic carbocycles. The van der Waals surface area contributed by atoms with E-state index in [1.165, 1.54) is 4.31 Å². The minimum Gasteiger partial charge on any atom is -0.355 e. The van der Waals surface area contributed by atoms with Crippen LogP contribution in [0.25, 0.3) is 12.2 Å². The van der Waals surface area contributed by atoms with Gasteiger partial charge in [0.1, 0.15) is 5.69 Å². The summed E-state index contributed by atoms with van der Waals surface area (Å²) in [5.74, 6) is -0.541. The number of sulfonamides is 1. The van der Waals surface area contributed by atoms with E-state index in [4.69, 9.17) is 16.1 Å². The highest BCUT2D eigenvalue weighted by molar-refractivity contribution is 7.89. The molecule has 1 N–H and O–H groups in total. The molecular formula is C26H28ClN3O4S. The predicted octanol–water partition coefficient (Wildman–Crippen LogP) is 5.46. The average Bonchev–Trinajstić information content (AvgIpc) is 3.22. The molecule has 1 saturated heterocycles. The number of hydrogen-bond acceptors (Lipinski definition) is 5. The summed E-state index contributed by atoms with van der Waals surface area (Å²) in [4.78, 5) is 13.0. The zero-order valence-corrected chi connectivity index (χ0v) is 21.5. The fourth-order valence-corrected chi connectivity index (χ4v) is 6.02. The van der Waals surface area contributed by atoms with Crippen molar-refractivity contribution >= 4 is 45.4 Å². The van der Waals surface area contributed by atoms with Crippen molar-refractivity contribution in [2.45, 2.75) is 38.5 Å². The minimum atomic E-state index is -3.92. The highest BCUT2D eigenvalue weighted by Crippen LogP contribution is 2.30. The van der Waals surface area contributed by atoms with Crippen molar-refractivity contribution in [1.29, 1.82) is 0 Å². The highest BCUT2D eigenvalue weighted by Gasteiger charge is 2.37. The summed E-state index contributed by atoms with van der Waals surface area (Å²) in [5.41, 5.74) is 3.84. The molecule has 0 bridgehead atoms. The summed E-state index contributed by atoms with van der Waals surface area (Å²) in [7, 11) is -3.92. The number of hydrogen-bond donors (Lipinski definition) is 1. The van der Waals surface area contributed by atoms with Gasteiger partial charge in [-0.25, -0.2) is 8.42 Å². The monoisotopic (exact) mass is 513 g/mol. The fraction of sp³-hybridized carbons (Fsp3) is 0.308. The first kappa shape index (κ1) is 25.2. The summed E-state index contributed by atoms with van der Waals surface area (Å²) in [5, 5.41) is 7.33. The van der Waals surface area contributed by atoms with E-state index in [2.05, 4.69) is 10.5 Å². The number of amides is 1. The molecule has 1 unspecified atom stereocenters. The largest absolute Gasteiger partial charge is 0.355 e. The highest BCUT2D eigenvalue weighted by atomic mass is 35.5. The summed E-state index contributed by atoms with van der Waals surface area (Å²) >= 11 is 6.17. The normalized spacial score (nSPS) is 17.1. The first-order chi connectivity index (χ1) is 16.6. The van der Waals surface area contributed by atoms with Crippen molar-refractivity contribution in [3.8, 4) is 0 Å². The van der Waals surface area contributed by atoms with Gasteiger partial charge in [0.15, 0.2) is 10.7 Å². The lowest BCUT2D eigenvalue weighted by Gasteiger charge is -2.31. The Balaban J connectivity index is 1.52. The van der Waals surface area contributed by atoms with Crippen molar-refractivity contribution in [3.63, 3.8) is 0 Å². The quantitative estimate of drug-likeness (QED) is 0.472. The van der Waals surface area contributed by atoms with Gasteiger partial charge in [0.05, 0.1) is 5.92 Å². The second-order valence-corrected chi connectivity index (χ2v) is 11.1. The maximum atomic E-state index is 13.6. The Hall–Kier alpha value is -2.94. The van der Waals surface area contributed by atoms with Gasteiger partial charge in [-0.05, 0) is 62.9 Å². The topological polar surface area (TPSA) is 92.5 Å². The molecule has 1 amide bonds. The Morgan fingerprint density at radius 2 is 1.89 bits per heavy atom. The van der Waals surface area contributed by atoms with E-state index in [-0.39, 0.29) is 28.8 Å². The molecular weight excluding hydrogens is 486 g/mol. The van der Waals surface area contributed by atoms with Crippen LogP contribution >= 0.6 is 11.6 Å². The van der Waals surface area contributed by atoms with Crippen LogP contribution in [0.2, 0.25) is 5.02 Å². The Kier molecular flexibility index (Phi) is 7.44. The van der Waals surface area contributed by atoms with Crippen molar-refractivity contribution in [2.24, 2.45) is 5.92 Å². The van der Waals surface area contributed by atoms with E-state index >= 15 is 0 Å². The van der Waals surface area contributed by atoms with Gasteiger partial charge in [0, 0.05) is 23.8 Å². The summed E-state index contributed by atoms with van der Waals surface area (Å²) in [6, 6.07) is 13.1. The zero-order chi connectivity index (χ0) is 25.2.